The molecule has 0 saturated heterocycles. The van der Waals surface area contributed by atoms with E-state index in [4.69, 9.17) is 27.6 Å². The van der Waals surface area contributed by atoms with Crippen LogP contribution in [0.3, 0.4) is 0 Å². The first-order chi connectivity index (χ1) is 15.3. The topological polar surface area (TPSA) is 83.7 Å². The summed E-state index contributed by atoms with van der Waals surface area (Å²) in [5, 5.41) is 7.72. The Morgan fingerprint density at radius 2 is 1.81 bits per heavy atom. The Bertz CT molecular complexity index is 1250. The molecular weight excluding hydrogens is 449 g/mol. The van der Waals surface area contributed by atoms with Crippen LogP contribution < -0.4 is 10.7 Å². The highest BCUT2D eigenvalue weighted by atomic mass is 35.5. The van der Waals surface area contributed by atoms with Crippen LogP contribution in [0.5, 0.6) is 0 Å². The number of nitrogens with zero attached hydrogens (tertiary/aromatic N) is 1. The smallest absolute Gasteiger partial charge is 0.291 e. The molecule has 1 aromatic heterocycles. The SMILES string of the molecule is Cc1cccc(C(=O)N/N=C2\CCCc3oc(C(=O)Nc4cccc(Cl)c4Cl)c(C)c32)c1. The van der Waals surface area contributed by atoms with E-state index in [1.54, 1.807) is 37.3 Å². The van der Waals surface area contributed by atoms with E-state index in [1.807, 2.05) is 19.1 Å². The number of hydrogen-bond donors (Lipinski definition) is 2. The summed E-state index contributed by atoms with van der Waals surface area (Å²) in [5.74, 6) is 0.151. The molecule has 32 heavy (non-hydrogen) atoms. The molecule has 0 aliphatic heterocycles. The fourth-order valence-corrected chi connectivity index (χ4v) is 4.09. The first-order valence-electron chi connectivity index (χ1n) is 10.2. The molecule has 1 aliphatic carbocycles. The van der Waals surface area contributed by atoms with E-state index in [1.165, 1.54) is 0 Å². The second-order valence-corrected chi connectivity index (χ2v) is 8.42. The van der Waals surface area contributed by atoms with E-state index in [0.29, 0.717) is 46.2 Å². The molecule has 2 N–H and O–H groups in total. The van der Waals surface area contributed by atoms with E-state index < -0.39 is 5.91 Å². The number of hydrazone groups is 1. The van der Waals surface area contributed by atoms with Crippen LogP contribution in [0.4, 0.5) is 5.69 Å². The molecule has 8 heteroatoms. The van der Waals surface area contributed by atoms with Gasteiger partial charge in [-0.1, -0.05) is 47.0 Å². The summed E-state index contributed by atoms with van der Waals surface area (Å²) in [6.07, 6.45) is 2.16. The van der Waals surface area contributed by atoms with Crippen LogP contribution in [0.15, 0.2) is 52.0 Å². The van der Waals surface area contributed by atoms with Gasteiger partial charge in [0.05, 0.1) is 21.4 Å². The van der Waals surface area contributed by atoms with Crippen LogP contribution >= 0.6 is 23.2 Å². The Balaban J connectivity index is 1.58. The van der Waals surface area contributed by atoms with Gasteiger partial charge < -0.3 is 9.73 Å². The number of amides is 2. The number of carbonyl (C=O) groups is 2. The summed E-state index contributed by atoms with van der Waals surface area (Å²) in [5.41, 5.74) is 6.68. The molecule has 0 spiro atoms. The number of rotatable bonds is 4. The highest BCUT2D eigenvalue weighted by molar-refractivity contribution is 6.44. The maximum atomic E-state index is 12.9. The van der Waals surface area contributed by atoms with E-state index in [-0.39, 0.29) is 16.7 Å². The molecule has 2 aromatic carbocycles. The zero-order valence-corrected chi connectivity index (χ0v) is 19.1. The first-order valence-corrected chi connectivity index (χ1v) is 10.9. The minimum absolute atomic E-state index is 0.186. The molecule has 164 valence electrons. The number of carbonyl (C=O) groups excluding carboxylic acids is 2. The summed E-state index contributed by atoms with van der Waals surface area (Å²) < 4.78 is 5.90. The molecule has 0 unspecified atom stereocenters. The van der Waals surface area contributed by atoms with Crippen molar-refractivity contribution in [1.82, 2.24) is 5.43 Å². The van der Waals surface area contributed by atoms with Gasteiger partial charge in [0.1, 0.15) is 5.76 Å². The number of furan rings is 1. The van der Waals surface area contributed by atoms with Crippen molar-refractivity contribution in [2.45, 2.75) is 33.1 Å². The Hall–Kier alpha value is -3.09. The molecule has 1 heterocycles. The third-order valence-electron chi connectivity index (χ3n) is 5.30. The van der Waals surface area contributed by atoms with Crippen LogP contribution in [-0.2, 0) is 6.42 Å². The van der Waals surface area contributed by atoms with E-state index in [9.17, 15) is 9.59 Å². The van der Waals surface area contributed by atoms with E-state index in [2.05, 4.69) is 15.8 Å². The van der Waals surface area contributed by atoms with Gasteiger partial charge in [0, 0.05) is 23.1 Å². The molecule has 4 rings (SSSR count). The lowest BCUT2D eigenvalue weighted by Crippen LogP contribution is -2.22. The van der Waals surface area contributed by atoms with Gasteiger partial charge in [-0.3, -0.25) is 9.59 Å². The second-order valence-electron chi connectivity index (χ2n) is 7.63. The number of hydrogen-bond acceptors (Lipinski definition) is 4. The molecule has 0 fully saturated rings. The van der Waals surface area contributed by atoms with Crippen LogP contribution in [0.25, 0.3) is 0 Å². The van der Waals surface area contributed by atoms with Gasteiger partial charge in [-0.15, -0.1) is 0 Å². The standard InChI is InChI=1S/C24H21Cl2N3O3/c1-13-6-3-7-15(12-13)23(30)29-28-17-9-5-11-19-20(17)14(2)22(32-19)24(31)27-18-10-4-8-16(25)21(18)26/h3-4,6-8,10,12H,5,9,11H2,1-2H3,(H,27,31)(H,29,30)/b28-17+. The minimum Gasteiger partial charge on any atom is -0.455 e. The number of benzene rings is 2. The molecule has 0 bridgehead atoms. The van der Waals surface area contributed by atoms with Crippen LogP contribution in [-0.4, -0.2) is 17.5 Å². The number of anilines is 1. The number of nitrogens with one attached hydrogen (secondary N) is 2. The largest absolute Gasteiger partial charge is 0.455 e. The molecule has 2 amide bonds. The zero-order valence-electron chi connectivity index (χ0n) is 17.6. The highest BCUT2D eigenvalue weighted by Crippen LogP contribution is 2.33. The lowest BCUT2D eigenvalue weighted by Gasteiger charge is -2.13. The van der Waals surface area contributed by atoms with Crippen molar-refractivity contribution < 1.29 is 14.0 Å². The summed E-state index contributed by atoms with van der Waals surface area (Å²) in [4.78, 5) is 25.4. The summed E-state index contributed by atoms with van der Waals surface area (Å²) >= 11 is 12.2. The average Bonchev–Trinajstić information content (AvgIpc) is 3.12. The fraction of sp³-hybridized carbons (Fsp3) is 0.208. The predicted octanol–water partition coefficient (Wildman–Crippen LogP) is 5.93. The van der Waals surface area contributed by atoms with Gasteiger partial charge in [-0.2, -0.15) is 5.10 Å². The maximum absolute atomic E-state index is 12.9. The van der Waals surface area contributed by atoms with Gasteiger partial charge in [0.2, 0.25) is 0 Å². The normalized spacial score (nSPS) is 14.2. The third kappa shape index (κ3) is 4.42. The number of halogens is 2. The van der Waals surface area contributed by atoms with Crippen LogP contribution in [0, 0.1) is 13.8 Å². The lowest BCUT2D eigenvalue weighted by atomic mass is 9.93. The summed E-state index contributed by atoms with van der Waals surface area (Å²) in [6.45, 7) is 3.73. The molecule has 0 radical (unpaired) electrons. The van der Waals surface area contributed by atoms with Crippen molar-refractivity contribution in [2.24, 2.45) is 5.10 Å². The Labute approximate surface area is 195 Å². The maximum Gasteiger partial charge on any atom is 0.291 e. The third-order valence-corrected chi connectivity index (χ3v) is 6.12. The number of aryl methyl sites for hydroxylation is 2. The molecule has 0 atom stereocenters. The van der Waals surface area contributed by atoms with Crippen molar-refractivity contribution in [2.75, 3.05) is 5.32 Å². The van der Waals surface area contributed by atoms with Crippen LogP contribution in [0.2, 0.25) is 10.0 Å². The Morgan fingerprint density at radius 1 is 1.03 bits per heavy atom. The van der Waals surface area contributed by atoms with E-state index >= 15 is 0 Å². The molecular formula is C24H21Cl2N3O3. The summed E-state index contributed by atoms with van der Waals surface area (Å²) in [7, 11) is 0. The molecule has 1 aliphatic rings. The van der Waals surface area contributed by atoms with Crippen molar-refractivity contribution in [3.05, 3.63) is 86.3 Å². The van der Waals surface area contributed by atoms with E-state index in [0.717, 1.165) is 17.5 Å². The lowest BCUT2D eigenvalue weighted by molar-refractivity contribution is 0.0953. The molecule has 6 nitrogen and oxygen atoms in total. The first kappa shape index (κ1) is 22.1. The highest BCUT2D eigenvalue weighted by Gasteiger charge is 2.28. The fourth-order valence-electron chi connectivity index (χ4n) is 3.75. The van der Waals surface area contributed by atoms with Crippen molar-refractivity contribution in [1.29, 1.82) is 0 Å². The molecule has 0 saturated carbocycles. The van der Waals surface area contributed by atoms with Gasteiger partial charge in [-0.05, 0) is 51.0 Å². The predicted molar refractivity (Wildman–Crippen MR) is 126 cm³/mol. The van der Waals surface area contributed by atoms with Gasteiger partial charge in [0.25, 0.3) is 11.8 Å². The summed E-state index contributed by atoms with van der Waals surface area (Å²) in [6, 6.07) is 12.3. The quantitative estimate of drug-likeness (QED) is 0.464. The second kappa shape index (κ2) is 9.18. The molecule has 3 aromatic rings. The van der Waals surface area contributed by atoms with Crippen LogP contribution in [0.1, 0.15) is 56.2 Å². The van der Waals surface area contributed by atoms with Gasteiger partial charge in [0.15, 0.2) is 5.76 Å². The minimum atomic E-state index is -0.427. The van der Waals surface area contributed by atoms with Gasteiger partial charge in [-0.25, -0.2) is 5.43 Å². The van der Waals surface area contributed by atoms with Crippen molar-refractivity contribution >= 4 is 46.4 Å². The van der Waals surface area contributed by atoms with Crippen molar-refractivity contribution in [3.63, 3.8) is 0 Å². The number of fused-ring (bicyclic) bond motifs is 1. The Morgan fingerprint density at radius 3 is 2.59 bits per heavy atom. The zero-order chi connectivity index (χ0) is 22.8. The Kier molecular flexibility index (Phi) is 6.35. The van der Waals surface area contributed by atoms with Crippen molar-refractivity contribution in [3.8, 4) is 0 Å². The average molecular weight is 470 g/mol. The van der Waals surface area contributed by atoms with Gasteiger partial charge >= 0.3 is 0 Å². The monoisotopic (exact) mass is 469 g/mol.